The predicted octanol–water partition coefficient (Wildman–Crippen LogP) is 3.01. The Labute approximate surface area is 111 Å². The summed E-state index contributed by atoms with van der Waals surface area (Å²) in [6.45, 7) is 3.36. The van der Waals surface area contributed by atoms with E-state index in [2.05, 4.69) is 5.32 Å². The van der Waals surface area contributed by atoms with Crippen molar-refractivity contribution >= 4 is 0 Å². The molecule has 1 N–H and O–H groups in total. The molecule has 0 amide bonds. The Morgan fingerprint density at radius 3 is 2.79 bits per heavy atom. The van der Waals surface area contributed by atoms with Gasteiger partial charge < -0.3 is 10.1 Å². The van der Waals surface area contributed by atoms with Gasteiger partial charge >= 0.3 is 6.18 Å². The maximum atomic E-state index is 12.6. The highest BCUT2D eigenvalue weighted by atomic mass is 19.4. The summed E-state index contributed by atoms with van der Waals surface area (Å²) < 4.78 is 43.2. The third kappa shape index (κ3) is 4.21. The van der Waals surface area contributed by atoms with Crippen LogP contribution in [0.5, 0.6) is 0 Å². The lowest BCUT2D eigenvalue weighted by Crippen LogP contribution is -2.47. The smallest absolute Gasteiger partial charge is 0.378 e. The molecule has 1 fully saturated rings. The Kier molecular flexibility index (Phi) is 4.47. The second kappa shape index (κ2) is 5.92. The molecule has 0 saturated carbocycles. The molecule has 1 aliphatic heterocycles. The summed E-state index contributed by atoms with van der Waals surface area (Å²) in [6, 6.07) is 6.06. The number of benzene rings is 1. The van der Waals surface area contributed by atoms with Crippen LogP contribution < -0.4 is 5.32 Å². The fourth-order valence-electron chi connectivity index (χ4n) is 2.30. The lowest BCUT2D eigenvalue weighted by Gasteiger charge is -2.29. The van der Waals surface area contributed by atoms with Crippen molar-refractivity contribution in [3.8, 4) is 0 Å². The van der Waals surface area contributed by atoms with Crippen LogP contribution in [-0.2, 0) is 17.3 Å². The van der Waals surface area contributed by atoms with Crippen molar-refractivity contribution in [3.05, 3.63) is 35.4 Å². The van der Waals surface area contributed by atoms with Crippen molar-refractivity contribution in [2.75, 3.05) is 13.2 Å². The van der Waals surface area contributed by atoms with Crippen LogP contribution in [0.15, 0.2) is 24.3 Å². The zero-order valence-electron chi connectivity index (χ0n) is 10.8. The van der Waals surface area contributed by atoms with Crippen molar-refractivity contribution in [3.63, 3.8) is 0 Å². The van der Waals surface area contributed by atoms with Crippen LogP contribution in [0.4, 0.5) is 13.2 Å². The summed E-state index contributed by atoms with van der Waals surface area (Å²) in [7, 11) is 0. The molecule has 2 atom stereocenters. The second-order valence-electron chi connectivity index (χ2n) is 5.04. The minimum Gasteiger partial charge on any atom is -0.378 e. The minimum atomic E-state index is -4.27. The summed E-state index contributed by atoms with van der Waals surface area (Å²) in [5, 5.41) is 3.38. The first kappa shape index (κ1) is 14.3. The molecule has 2 nitrogen and oxygen atoms in total. The van der Waals surface area contributed by atoms with Crippen LogP contribution in [0, 0.1) is 0 Å². The van der Waals surface area contributed by atoms with Crippen molar-refractivity contribution < 1.29 is 17.9 Å². The quantitative estimate of drug-likeness (QED) is 0.914. The fraction of sp³-hybridized carbons (Fsp3) is 0.571. The third-order valence-corrected chi connectivity index (χ3v) is 3.24. The van der Waals surface area contributed by atoms with Crippen LogP contribution in [-0.4, -0.2) is 25.3 Å². The molecule has 0 spiro atoms. The Bertz CT molecular complexity index is 419. The van der Waals surface area contributed by atoms with Crippen LogP contribution in [0.3, 0.4) is 0 Å². The van der Waals surface area contributed by atoms with Gasteiger partial charge in [0.1, 0.15) is 0 Å². The van der Waals surface area contributed by atoms with Crippen LogP contribution in [0.2, 0.25) is 0 Å². The first-order chi connectivity index (χ1) is 8.95. The van der Waals surface area contributed by atoms with E-state index >= 15 is 0 Å². The first-order valence-corrected chi connectivity index (χ1v) is 6.45. The van der Waals surface area contributed by atoms with E-state index in [0.29, 0.717) is 25.7 Å². The molecule has 0 bridgehead atoms. The summed E-state index contributed by atoms with van der Waals surface area (Å²) in [6.07, 6.45) is -2.86. The zero-order valence-corrected chi connectivity index (χ0v) is 10.8. The lowest BCUT2D eigenvalue weighted by atomic mass is 10.0. The number of hydrogen-bond acceptors (Lipinski definition) is 2. The molecule has 106 valence electrons. The highest BCUT2D eigenvalue weighted by Crippen LogP contribution is 2.29. The van der Waals surface area contributed by atoms with Crippen molar-refractivity contribution in [2.24, 2.45) is 0 Å². The van der Waals surface area contributed by atoms with E-state index in [1.807, 2.05) is 6.92 Å². The number of alkyl halides is 3. The van der Waals surface area contributed by atoms with E-state index in [9.17, 15) is 13.2 Å². The number of morpholine rings is 1. The minimum absolute atomic E-state index is 0.221. The molecular formula is C14H18F3NO. The second-order valence-corrected chi connectivity index (χ2v) is 5.04. The molecule has 1 saturated heterocycles. The van der Waals surface area contributed by atoms with E-state index in [1.54, 1.807) is 6.07 Å². The van der Waals surface area contributed by atoms with Crippen molar-refractivity contribution in [1.82, 2.24) is 5.32 Å². The van der Waals surface area contributed by atoms with Gasteiger partial charge in [0.05, 0.1) is 18.8 Å². The largest absolute Gasteiger partial charge is 0.416 e. The standard InChI is InChI=1S/C14H18F3NO/c1-10-8-19-9-13(18-10)6-5-11-3-2-4-12(7-11)14(15,16)17/h2-4,7,10,13,18H,5-6,8-9H2,1H3. The van der Waals surface area contributed by atoms with Gasteiger partial charge in [0, 0.05) is 12.1 Å². The van der Waals surface area contributed by atoms with Crippen molar-refractivity contribution in [1.29, 1.82) is 0 Å². The van der Waals surface area contributed by atoms with Crippen LogP contribution in [0.1, 0.15) is 24.5 Å². The monoisotopic (exact) mass is 273 g/mol. The summed E-state index contributed by atoms with van der Waals surface area (Å²) in [5.41, 5.74) is 0.140. The van der Waals surface area contributed by atoms with Gasteiger partial charge in [-0.25, -0.2) is 0 Å². The van der Waals surface area contributed by atoms with Crippen LogP contribution >= 0.6 is 0 Å². The maximum Gasteiger partial charge on any atom is 0.416 e. The van der Waals surface area contributed by atoms with Gasteiger partial charge in [0.25, 0.3) is 0 Å². The number of aryl methyl sites for hydroxylation is 1. The van der Waals surface area contributed by atoms with E-state index in [0.717, 1.165) is 18.1 Å². The van der Waals surface area contributed by atoms with E-state index in [-0.39, 0.29) is 6.04 Å². The Balaban J connectivity index is 1.92. The van der Waals surface area contributed by atoms with Gasteiger partial charge in [-0.2, -0.15) is 13.2 Å². The molecule has 1 aromatic carbocycles. The number of rotatable bonds is 3. The van der Waals surface area contributed by atoms with Gasteiger partial charge in [-0.3, -0.25) is 0 Å². The highest BCUT2D eigenvalue weighted by Gasteiger charge is 2.30. The average molecular weight is 273 g/mol. The molecule has 0 radical (unpaired) electrons. The summed E-state index contributed by atoms with van der Waals surface area (Å²) in [5.74, 6) is 0. The SMILES string of the molecule is CC1COCC(CCc2cccc(C(F)(F)F)c2)N1. The number of ether oxygens (including phenoxy) is 1. The summed E-state index contributed by atoms with van der Waals surface area (Å²) in [4.78, 5) is 0. The van der Waals surface area contributed by atoms with Gasteiger partial charge in [0.2, 0.25) is 0 Å². The first-order valence-electron chi connectivity index (χ1n) is 6.45. The highest BCUT2D eigenvalue weighted by molar-refractivity contribution is 5.25. The van der Waals surface area contributed by atoms with E-state index in [1.165, 1.54) is 12.1 Å². The third-order valence-electron chi connectivity index (χ3n) is 3.24. The molecule has 2 rings (SSSR count). The predicted molar refractivity (Wildman–Crippen MR) is 67.0 cm³/mol. The number of nitrogens with one attached hydrogen (secondary N) is 1. The average Bonchev–Trinajstić information content (AvgIpc) is 2.36. The van der Waals surface area contributed by atoms with Gasteiger partial charge in [-0.15, -0.1) is 0 Å². The Morgan fingerprint density at radius 1 is 1.32 bits per heavy atom. The Hall–Kier alpha value is -1.07. The maximum absolute atomic E-state index is 12.6. The molecule has 5 heteroatoms. The molecule has 0 aliphatic carbocycles. The fourth-order valence-corrected chi connectivity index (χ4v) is 2.30. The Morgan fingerprint density at radius 2 is 2.11 bits per heavy atom. The summed E-state index contributed by atoms with van der Waals surface area (Å²) >= 11 is 0. The van der Waals surface area contributed by atoms with Gasteiger partial charge in [-0.1, -0.05) is 18.2 Å². The topological polar surface area (TPSA) is 21.3 Å². The van der Waals surface area contributed by atoms with E-state index in [4.69, 9.17) is 4.74 Å². The van der Waals surface area contributed by atoms with Gasteiger partial charge in [0.15, 0.2) is 0 Å². The molecule has 1 heterocycles. The number of halogens is 3. The van der Waals surface area contributed by atoms with Crippen molar-refractivity contribution in [2.45, 2.75) is 38.0 Å². The van der Waals surface area contributed by atoms with Crippen LogP contribution in [0.25, 0.3) is 0 Å². The lowest BCUT2D eigenvalue weighted by molar-refractivity contribution is -0.137. The normalized spacial score (nSPS) is 24.4. The zero-order chi connectivity index (χ0) is 13.9. The molecule has 2 unspecified atom stereocenters. The molecule has 1 aliphatic rings. The molecule has 0 aromatic heterocycles. The molecule has 1 aromatic rings. The van der Waals surface area contributed by atoms with E-state index < -0.39 is 11.7 Å². The number of hydrogen-bond donors (Lipinski definition) is 1. The van der Waals surface area contributed by atoms with Gasteiger partial charge in [-0.05, 0) is 31.4 Å². The molecule has 19 heavy (non-hydrogen) atoms. The molecular weight excluding hydrogens is 255 g/mol.